The molecule has 0 aliphatic rings. The fourth-order valence-electron chi connectivity index (χ4n) is 2.77. The van der Waals surface area contributed by atoms with Crippen LogP contribution in [0.1, 0.15) is 17.0 Å². The number of fused-ring (bicyclic) bond motifs is 1. The van der Waals surface area contributed by atoms with Crippen LogP contribution in [0.4, 0.5) is 13.2 Å². The largest absolute Gasteiger partial charge is 0.416 e. The van der Waals surface area contributed by atoms with Crippen molar-refractivity contribution in [1.29, 1.82) is 0 Å². The monoisotopic (exact) mass is 389 g/mol. The second-order valence-electron chi connectivity index (χ2n) is 6.35. The molecule has 0 saturated carbocycles. The zero-order chi connectivity index (χ0) is 19.7. The quantitative estimate of drug-likeness (QED) is 0.512. The van der Waals surface area contributed by atoms with Gasteiger partial charge in [-0.15, -0.1) is 0 Å². The van der Waals surface area contributed by atoms with Crippen molar-refractivity contribution in [1.82, 2.24) is 25.4 Å². The van der Waals surface area contributed by atoms with E-state index in [1.807, 2.05) is 30.1 Å². The van der Waals surface area contributed by atoms with Gasteiger partial charge in [-0.25, -0.2) is 4.63 Å². The van der Waals surface area contributed by atoms with Crippen molar-refractivity contribution >= 4 is 11.0 Å². The molecule has 4 aromatic rings. The lowest BCUT2D eigenvalue weighted by atomic mass is 10.1. The molecule has 0 atom stereocenters. The predicted molar refractivity (Wildman–Crippen MR) is 91.7 cm³/mol. The van der Waals surface area contributed by atoms with Gasteiger partial charge in [0.1, 0.15) is 11.0 Å². The van der Waals surface area contributed by atoms with E-state index in [2.05, 4.69) is 25.1 Å². The van der Waals surface area contributed by atoms with E-state index < -0.39 is 11.7 Å². The molecule has 0 aliphatic carbocycles. The Morgan fingerprint density at radius 3 is 2.43 bits per heavy atom. The Hall–Kier alpha value is -3.27. The molecule has 0 spiro atoms. The maximum atomic E-state index is 12.6. The molecule has 0 fully saturated rings. The third-order valence-electron chi connectivity index (χ3n) is 4.11. The highest BCUT2D eigenvalue weighted by molar-refractivity contribution is 5.73. The average Bonchev–Trinajstić information content (AvgIpc) is 3.30. The van der Waals surface area contributed by atoms with Gasteiger partial charge in [-0.3, -0.25) is 4.90 Å². The van der Waals surface area contributed by atoms with Crippen molar-refractivity contribution < 1.29 is 22.3 Å². The van der Waals surface area contributed by atoms with E-state index in [9.17, 15) is 13.2 Å². The van der Waals surface area contributed by atoms with Gasteiger partial charge in [0.2, 0.25) is 11.7 Å². The molecule has 7 nitrogen and oxygen atoms in total. The van der Waals surface area contributed by atoms with E-state index in [-0.39, 0.29) is 5.82 Å². The normalized spacial score (nSPS) is 12.2. The third kappa shape index (κ3) is 3.86. The Balaban J connectivity index is 1.42. The highest BCUT2D eigenvalue weighted by atomic mass is 19.4. The van der Waals surface area contributed by atoms with E-state index in [0.717, 1.165) is 17.7 Å². The highest BCUT2D eigenvalue weighted by Gasteiger charge is 2.30. The van der Waals surface area contributed by atoms with Gasteiger partial charge in [-0.2, -0.15) is 18.2 Å². The van der Waals surface area contributed by atoms with Crippen molar-refractivity contribution in [3.8, 4) is 11.4 Å². The van der Waals surface area contributed by atoms with Gasteiger partial charge >= 0.3 is 6.18 Å². The Kier molecular flexibility index (Phi) is 4.55. The fraction of sp³-hybridized carbons (Fsp3) is 0.222. The standard InChI is InChI=1S/C18H14F3N5O2/c1-26(9-11-2-7-14-15(8-11)24-28-23-14)10-16-22-17(25-27-16)12-3-5-13(6-4-12)18(19,20)21/h2-8H,9-10H2,1H3. The molecule has 2 aromatic heterocycles. The first-order chi connectivity index (χ1) is 13.4. The fourth-order valence-corrected chi connectivity index (χ4v) is 2.77. The van der Waals surface area contributed by atoms with Crippen LogP contribution in [-0.2, 0) is 19.3 Å². The molecule has 0 radical (unpaired) electrons. The summed E-state index contributed by atoms with van der Waals surface area (Å²) in [7, 11) is 1.88. The summed E-state index contributed by atoms with van der Waals surface area (Å²) in [6.45, 7) is 0.976. The molecule has 0 amide bonds. The van der Waals surface area contributed by atoms with Crippen LogP contribution in [0.3, 0.4) is 0 Å². The summed E-state index contributed by atoms with van der Waals surface area (Å²) in [6, 6.07) is 10.3. The molecule has 144 valence electrons. The molecule has 0 bridgehead atoms. The van der Waals surface area contributed by atoms with Gasteiger partial charge in [0.25, 0.3) is 0 Å². The van der Waals surface area contributed by atoms with E-state index in [0.29, 0.717) is 35.6 Å². The zero-order valence-electron chi connectivity index (χ0n) is 14.6. The summed E-state index contributed by atoms with van der Waals surface area (Å²) < 4.78 is 47.8. The number of hydrogen-bond acceptors (Lipinski definition) is 7. The van der Waals surface area contributed by atoms with Crippen molar-refractivity contribution in [2.24, 2.45) is 0 Å². The van der Waals surface area contributed by atoms with Gasteiger partial charge in [0.15, 0.2) is 0 Å². The topological polar surface area (TPSA) is 81.1 Å². The molecule has 4 rings (SSSR count). The second kappa shape index (κ2) is 7.04. The molecule has 28 heavy (non-hydrogen) atoms. The summed E-state index contributed by atoms with van der Waals surface area (Å²) in [6.07, 6.45) is -4.38. The minimum atomic E-state index is -4.38. The average molecular weight is 389 g/mol. The maximum Gasteiger partial charge on any atom is 0.416 e. The van der Waals surface area contributed by atoms with Gasteiger partial charge < -0.3 is 4.52 Å². The van der Waals surface area contributed by atoms with E-state index in [1.54, 1.807) is 0 Å². The van der Waals surface area contributed by atoms with Crippen LogP contribution in [0.2, 0.25) is 0 Å². The lowest BCUT2D eigenvalue weighted by Crippen LogP contribution is -2.17. The van der Waals surface area contributed by atoms with E-state index in [1.165, 1.54) is 12.1 Å². The molecule has 2 aromatic carbocycles. The Morgan fingerprint density at radius 2 is 1.68 bits per heavy atom. The summed E-state index contributed by atoms with van der Waals surface area (Å²) in [5, 5.41) is 11.4. The summed E-state index contributed by atoms with van der Waals surface area (Å²) in [5.41, 5.74) is 2.10. The molecule has 10 heteroatoms. The molecular formula is C18H14F3N5O2. The number of rotatable bonds is 5. The first kappa shape index (κ1) is 18.1. The smallest absolute Gasteiger partial charge is 0.338 e. The Morgan fingerprint density at radius 1 is 0.929 bits per heavy atom. The number of benzene rings is 2. The van der Waals surface area contributed by atoms with Crippen molar-refractivity contribution in [3.63, 3.8) is 0 Å². The SMILES string of the molecule is CN(Cc1ccc2nonc2c1)Cc1nc(-c2ccc(C(F)(F)F)cc2)no1. The summed E-state index contributed by atoms with van der Waals surface area (Å²) >= 11 is 0. The number of hydrogen-bond donors (Lipinski definition) is 0. The molecule has 0 saturated heterocycles. The van der Waals surface area contributed by atoms with Crippen LogP contribution >= 0.6 is 0 Å². The van der Waals surface area contributed by atoms with Crippen LogP contribution < -0.4 is 0 Å². The van der Waals surface area contributed by atoms with Gasteiger partial charge in [0, 0.05) is 12.1 Å². The number of alkyl halides is 3. The number of nitrogens with zero attached hydrogens (tertiary/aromatic N) is 5. The van der Waals surface area contributed by atoms with Gasteiger partial charge in [-0.05, 0) is 47.2 Å². The molecule has 0 unspecified atom stereocenters. The summed E-state index contributed by atoms with van der Waals surface area (Å²) in [4.78, 5) is 6.21. The lowest BCUT2D eigenvalue weighted by Gasteiger charge is -2.13. The van der Waals surface area contributed by atoms with Gasteiger partial charge in [0.05, 0.1) is 12.1 Å². The maximum absolute atomic E-state index is 12.6. The van der Waals surface area contributed by atoms with Crippen LogP contribution in [0, 0.1) is 0 Å². The van der Waals surface area contributed by atoms with Crippen LogP contribution in [0.5, 0.6) is 0 Å². The molecule has 0 aliphatic heterocycles. The minimum Gasteiger partial charge on any atom is -0.338 e. The zero-order valence-corrected chi connectivity index (χ0v) is 14.6. The minimum absolute atomic E-state index is 0.243. The van der Waals surface area contributed by atoms with E-state index >= 15 is 0 Å². The Labute approximate surface area is 156 Å². The van der Waals surface area contributed by atoms with Gasteiger partial charge in [-0.1, -0.05) is 23.4 Å². The van der Waals surface area contributed by atoms with Crippen molar-refractivity contribution in [3.05, 3.63) is 59.5 Å². The molecule has 2 heterocycles. The molecular weight excluding hydrogens is 375 g/mol. The summed E-state index contributed by atoms with van der Waals surface area (Å²) in [5.74, 6) is 0.605. The van der Waals surface area contributed by atoms with Crippen molar-refractivity contribution in [2.75, 3.05) is 7.05 Å². The lowest BCUT2D eigenvalue weighted by molar-refractivity contribution is -0.137. The first-order valence-corrected chi connectivity index (χ1v) is 8.28. The molecule has 0 N–H and O–H groups in total. The number of aromatic nitrogens is 4. The first-order valence-electron chi connectivity index (χ1n) is 8.28. The van der Waals surface area contributed by atoms with Crippen LogP contribution in [0.25, 0.3) is 22.4 Å². The predicted octanol–water partition coefficient (Wildman–Crippen LogP) is 3.92. The third-order valence-corrected chi connectivity index (χ3v) is 4.11. The van der Waals surface area contributed by atoms with Crippen LogP contribution in [0.15, 0.2) is 51.6 Å². The highest BCUT2D eigenvalue weighted by Crippen LogP contribution is 2.30. The van der Waals surface area contributed by atoms with Crippen molar-refractivity contribution in [2.45, 2.75) is 19.3 Å². The number of halogens is 3. The second-order valence-corrected chi connectivity index (χ2v) is 6.35. The van der Waals surface area contributed by atoms with E-state index in [4.69, 9.17) is 4.52 Å². The Bertz CT molecular complexity index is 1090. The van der Waals surface area contributed by atoms with Crippen LogP contribution in [-0.4, -0.2) is 32.4 Å².